The molecule has 1 atom stereocenters. The average Bonchev–Trinajstić information content (AvgIpc) is 2.23. The molecule has 0 saturated heterocycles. The van der Waals surface area contributed by atoms with Gasteiger partial charge in [-0.05, 0) is 36.6 Å². The largest absolute Gasteiger partial charge is 0.352 e. The quantitative estimate of drug-likeness (QED) is 0.900. The standard InChI is InChI=1S/C13H18BrNO/c1-4-9(2)8-15-13(16)11-5-10(3)6-12(14)7-11/h5-7,9H,4,8H2,1-3H3,(H,15,16). The molecule has 0 aromatic heterocycles. The fourth-order valence-electron chi connectivity index (χ4n) is 1.38. The summed E-state index contributed by atoms with van der Waals surface area (Å²) in [7, 11) is 0. The first-order valence-corrected chi connectivity index (χ1v) is 6.37. The van der Waals surface area contributed by atoms with Crippen LogP contribution in [0.1, 0.15) is 36.2 Å². The van der Waals surface area contributed by atoms with Gasteiger partial charge in [-0.3, -0.25) is 4.79 Å². The highest BCUT2D eigenvalue weighted by Crippen LogP contribution is 2.15. The van der Waals surface area contributed by atoms with E-state index >= 15 is 0 Å². The van der Waals surface area contributed by atoms with Crippen LogP contribution in [0.2, 0.25) is 0 Å². The second-order valence-electron chi connectivity index (χ2n) is 4.24. The maximum Gasteiger partial charge on any atom is 0.251 e. The van der Waals surface area contributed by atoms with Crippen LogP contribution in [0.4, 0.5) is 0 Å². The van der Waals surface area contributed by atoms with Crippen LogP contribution in [-0.4, -0.2) is 12.5 Å². The van der Waals surface area contributed by atoms with Gasteiger partial charge in [-0.1, -0.05) is 36.2 Å². The first-order chi connectivity index (χ1) is 7.52. The zero-order chi connectivity index (χ0) is 12.1. The highest BCUT2D eigenvalue weighted by atomic mass is 79.9. The summed E-state index contributed by atoms with van der Waals surface area (Å²) < 4.78 is 0.946. The second kappa shape index (κ2) is 6.04. The molecule has 0 aliphatic rings. The van der Waals surface area contributed by atoms with Gasteiger partial charge in [-0.15, -0.1) is 0 Å². The molecule has 88 valence electrons. The summed E-state index contributed by atoms with van der Waals surface area (Å²) >= 11 is 3.39. The Bertz CT molecular complexity index is 356. The number of hydrogen-bond acceptors (Lipinski definition) is 1. The minimum Gasteiger partial charge on any atom is -0.352 e. The minimum absolute atomic E-state index is 0.00435. The Kier molecular flexibility index (Phi) is 5.00. The summed E-state index contributed by atoms with van der Waals surface area (Å²) in [6, 6.07) is 5.74. The Morgan fingerprint density at radius 1 is 1.44 bits per heavy atom. The number of aryl methyl sites for hydroxylation is 1. The molecule has 0 fully saturated rings. The number of carbonyl (C=O) groups is 1. The number of rotatable bonds is 4. The van der Waals surface area contributed by atoms with Crippen molar-refractivity contribution in [2.45, 2.75) is 27.2 Å². The molecule has 1 amide bonds. The SMILES string of the molecule is CCC(C)CNC(=O)c1cc(C)cc(Br)c1. The zero-order valence-corrected chi connectivity index (χ0v) is 11.6. The normalized spacial score (nSPS) is 12.2. The smallest absolute Gasteiger partial charge is 0.251 e. The molecule has 0 aliphatic carbocycles. The molecule has 16 heavy (non-hydrogen) atoms. The van der Waals surface area contributed by atoms with Gasteiger partial charge in [0, 0.05) is 16.6 Å². The molecule has 0 bridgehead atoms. The van der Waals surface area contributed by atoms with Crippen molar-refractivity contribution in [3.8, 4) is 0 Å². The lowest BCUT2D eigenvalue weighted by Gasteiger charge is -2.10. The molecule has 1 N–H and O–H groups in total. The summed E-state index contributed by atoms with van der Waals surface area (Å²) in [5.74, 6) is 0.530. The predicted octanol–water partition coefficient (Wildman–Crippen LogP) is 3.53. The first-order valence-electron chi connectivity index (χ1n) is 5.58. The van der Waals surface area contributed by atoms with Gasteiger partial charge < -0.3 is 5.32 Å². The maximum atomic E-state index is 11.8. The molecule has 0 heterocycles. The lowest BCUT2D eigenvalue weighted by Crippen LogP contribution is -2.28. The molecule has 3 heteroatoms. The molecule has 0 radical (unpaired) electrons. The van der Waals surface area contributed by atoms with Gasteiger partial charge in [0.1, 0.15) is 0 Å². The highest BCUT2D eigenvalue weighted by molar-refractivity contribution is 9.10. The van der Waals surface area contributed by atoms with Crippen molar-refractivity contribution < 1.29 is 4.79 Å². The van der Waals surface area contributed by atoms with Gasteiger partial charge in [0.25, 0.3) is 5.91 Å². The van der Waals surface area contributed by atoms with E-state index in [0.717, 1.165) is 28.6 Å². The maximum absolute atomic E-state index is 11.8. The molecule has 1 aromatic carbocycles. The summed E-state index contributed by atoms with van der Waals surface area (Å²) in [5, 5.41) is 2.94. The number of halogens is 1. The van der Waals surface area contributed by atoms with E-state index in [2.05, 4.69) is 35.1 Å². The monoisotopic (exact) mass is 283 g/mol. The summed E-state index contributed by atoms with van der Waals surface area (Å²) in [4.78, 5) is 11.8. The Balaban J connectivity index is 2.66. The van der Waals surface area contributed by atoms with Crippen LogP contribution in [0.5, 0.6) is 0 Å². The van der Waals surface area contributed by atoms with Gasteiger partial charge in [0.05, 0.1) is 0 Å². The molecule has 2 nitrogen and oxygen atoms in total. The van der Waals surface area contributed by atoms with E-state index < -0.39 is 0 Å². The van der Waals surface area contributed by atoms with Crippen molar-refractivity contribution in [1.29, 1.82) is 0 Å². The van der Waals surface area contributed by atoms with E-state index in [-0.39, 0.29) is 5.91 Å². The van der Waals surface area contributed by atoms with Crippen molar-refractivity contribution in [2.75, 3.05) is 6.54 Å². The van der Waals surface area contributed by atoms with E-state index in [1.165, 1.54) is 0 Å². The number of nitrogens with one attached hydrogen (secondary N) is 1. The van der Waals surface area contributed by atoms with E-state index in [4.69, 9.17) is 0 Å². The van der Waals surface area contributed by atoms with E-state index in [1.54, 1.807) is 0 Å². The van der Waals surface area contributed by atoms with E-state index in [0.29, 0.717) is 5.92 Å². The molecule has 0 aliphatic heterocycles. The number of hydrogen-bond donors (Lipinski definition) is 1. The number of carbonyl (C=O) groups excluding carboxylic acids is 1. The Morgan fingerprint density at radius 2 is 2.12 bits per heavy atom. The fourth-order valence-corrected chi connectivity index (χ4v) is 1.99. The molecular weight excluding hydrogens is 266 g/mol. The van der Waals surface area contributed by atoms with Crippen molar-refractivity contribution in [3.63, 3.8) is 0 Å². The van der Waals surface area contributed by atoms with Gasteiger partial charge in [0.15, 0.2) is 0 Å². The third kappa shape index (κ3) is 3.97. The molecular formula is C13H18BrNO. The van der Waals surface area contributed by atoms with Crippen LogP contribution >= 0.6 is 15.9 Å². The predicted molar refractivity (Wildman–Crippen MR) is 70.7 cm³/mol. The molecule has 0 spiro atoms. The zero-order valence-electron chi connectivity index (χ0n) is 10.0. The van der Waals surface area contributed by atoms with Gasteiger partial charge in [-0.2, -0.15) is 0 Å². The fraction of sp³-hybridized carbons (Fsp3) is 0.462. The van der Waals surface area contributed by atoms with Crippen LogP contribution in [0.25, 0.3) is 0 Å². The Hall–Kier alpha value is -0.830. The van der Waals surface area contributed by atoms with Crippen molar-refractivity contribution in [2.24, 2.45) is 5.92 Å². The van der Waals surface area contributed by atoms with Crippen LogP contribution in [0.3, 0.4) is 0 Å². The van der Waals surface area contributed by atoms with Gasteiger partial charge >= 0.3 is 0 Å². The van der Waals surface area contributed by atoms with Gasteiger partial charge in [-0.25, -0.2) is 0 Å². The molecule has 1 rings (SSSR count). The Labute approximate surface area is 106 Å². The van der Waals surface area contributed by atoms with Crippen LogP contribution in [0, 0.1) is 12.8 Å². The summed E-state index contributed by atoms with van der Waals surface area (Å²) in [5.41, 5.74) is 1.80. The molecule has 0 saturated carbocycles. The third-order valence-electron chi connectivity index (χ3n) is 2.61. The van der Waals surface area contributed by atoms with Crippen LogP contribution in [-0.2, 0) is 0 Å². The van der Waals surface area contributed by atoms with Crippen molar-refractivity contribution in [1.82, 2.24) is 5.32 Å². The molecule has 1 aromatic rings. The lowest BCUT2D eigenvalue weighted by atomic mass is 10.1. The van der Waals surface area contributed by atoms with Gasteiger partial charge in [0.2, 0.25) is 0 Å². The van der Waals surface area contributed by atoms with Crippen LogP contribution < -0.4 is 5.32 Å². The number of amides is 1. The average molecular weight is 284 g/mol. The lowest BCUT2D eigenvalue weighted by molar-refractivity contribution is 0.0947. The highest BCUT2D eigenvalue weighted by Gasteiger charge is 2.07. The Morgan fingerprint density at radius 3 is 2.69 bits per heavy atom. The topological polar surface area (TPSA) is 29.1 Å². The van der Waals surface area contributed by atoms with E-state index in [1.807, 2.05) is 25.1 Å². The van der Waals surface area contributed by atoms with Crippen molar-refractivity contribution in [3.05, 3.63) is 33.8 Å². The summed E-state index contributed by atoms with van der Waals surface area (Å²) in [6.45, 7) is 6.98. The first kappa shape index (κ1) is 13.2. The van der Waals surface area contributed by atoms with Crippen molar-refractivity contribution >= 4 is 21.8 Å². The van der Waals surface area contributed by atoms with E-state index in [9.17, 15) is 4.79 Å². The minimum atomic E-state index is 0.00435. The second-order valence-corrected chi connectivity index (χ2v) is 5.16. The molecule has 1 unspecified atom stereocenters. The summed E-state index contributed by atoms with van der Waals surface area (Å²) in [6.07, 6.45) is 1.08. The van der Waals surface area contributed by atoms with Crippen LogP contribution in [0.15, 0.2) is 22.7 Å². The third-order valence-corrected chi connectivity index (χ3v) is 3.07. The number of benzene rings is 1.